The number of nitrogens with two attached hydrogens (primary N) is 1. The number of ether oxygens (including phenoxy) is 1. The van der Waals surface area contributed by atoms with Gasteiger partial charge in [-0.2, -0.15) is 0 Å². The first-order valence-corrected chi connectivity index (χ1v) is 6.46. The van der Waals surface area contributed by atoms with E-state index in [4.69, 9.17) is 10.5 Å². The molecule has 2 rings (SSSR count). The number of hydrogen-bond acceptors (Lipinski definition) is 2. The number of halogens is 2. The van der Waals surface area contributed by atoms with E-state index in [1.54, 1.807) is 0 Å². The van der Waals surface area contributed by atoms with E-state index in [0.29, 0.717) is 13.0 Å². The van der Waals surface area contributed by atoms with Gasteiger partial charge in [0.05, 0.1) is 6.61 Å². The first-order chi connectivity index (χ1) is 8.59. The lowest BCUT2D eigenvalue weighted by atomic mass is 9.80. The summed E-state index contributed by atoms with van der Waals surface area (Å²) in [7, 11) is 0. The van der Waals surface area contributed by atoms with Gasteiger partial charge in [0.2, 0.25) is 0 Å². The van der Waals surface area contributed by atoms with E-state index in [1.807, 2.05) is 0 Å². The van der Waals surface area contributed by atoms with Crippen molar-refractivity contribution < 1.29 is 13.5 Å². The van der Waals surface area contributed by atoms with Gasteiger partial charge in [0, 0.05) is 11.6 Å². The van der Waals surface area contributed by atoms with Crippen LogP contribution in [0.5, 0.6) is 5.75 Å². The van der Waals surface area contributed by atoms with Crippen molar-refractivity contribution in [1.82, 2.24) is 0 Å². The molecule has 0 amide bonds. The fraction of sp³-hybridized carbons (Fsp3) is 0.571. The van der Waals surface area contributed by atoms with Gasteiger partial charge >= 0.3 is 0 Å². The van der Waals surface area contributed by atoms with Crippen LogP contribution < -0.4 is 10.5 Å². The van der Waals surface area contributed by atoms with Gasteiger partial charge in [-0.3, -0.25) is 0 Å². The minimum Gasteiger partial charge on any atom is -0.490 e. The third-order valence-electron chi connectivity index (χ3n) is 3.60. The van der Waals surface area contributed by atoms with Gasteiger partial charge in [0.1, 0.15) is 5.82 Å². The third kappa shape index (κ3) is 3.42. The molecule has 1 fully saturated rings. The molecule has 4 heteroatoms. The van der Waals surface area contributed by atoms with Crippen LogP contribution in [-0.4, -0.2) is 12.1 Å². The molecule has 2 nitrogen and oxygen atoms in total. The van der Waals surface area contributed by atoms with Crippen LogP contribution in [0, 0.1) is 11.6 Å². The normalized spacial score (nSPS) is 18.6. The lowest BCUT2D eigenvalue weighted by Gasteiger charge is -2.33. The molecule has 0 saturated heterocycles. The summed E-state index contributed by atoms with van der Waals surface area (Å²) in [5.74, 6) is -1.16. The molecule has 0 radical (unpaired) electrons. The predicted molar refractivity (Wildman–Crippen MR) is 66.5 cm³/mol. The van der Waals surface area contributed by atoms with Crippen molar-refractivity contribution in [3.8, 4) is 5.75 Å². The monoisotopic (exact) mass is 255 g/mol. The highest BCUT2D eigenvalue weighted by atomic mass is 19.1. The summed E-state index contributed by atoms with van der Waals surface area (Å²) in [4.78, 5) is 0. The zero-order chi connectivity index (χ0) is 13.0. The standard InChI is InChI=1S/C14H19F2NO/c15-11-4-5-13(12(16)10-11)18-9-8-14(17)6-2-1-3-7-14/h4-5,10H,1-3,6-9,17H2. The molecular weight excluding hydrogens is 236 g/mol. The van der Waals surface area contributed by atoms with Crippen LogP contribution in [0.1, 0.15) is 38.5 Å². The Hall–Kier alpha value is -1.16. The Morgan fingerprint density at radius 3 is 2.56 bits per heavy atom. The zero-order valence-corrected chi connectivity index (χ0v) is 10.4. The first-order valence-electron chi connectivity index (χ1n) is 6.46. The Bertz CT molecular complexity index is 403. The van der Waals surface area contributed by atoms with Gasteiger partial charge in [-0.25, -0.2) is 8.78 Å². The highest BCUT2D eigenvalue weighted by Crippen LogP contribution is 2.29. The van der Waals surface area contributed by atoms with Crippen LogP contribution in [0.25, 0.3) is 0 Å². The molecule has 18 heavy (non-hydrogen) atoms. The summed E-state index contributed by atoms with van der Waals surface area (Å²) in [6, 6.07) is 3.33. The van der Waals surface area contributed by atoms with Crippen molar-refractivity contribution in [2.45, 2.75) is 44.1 Å². The highest BCUT2D eigenvalue weighted by molar-refractivity contribution is 5.24. The second kappa shape index (κ2) is 5.65. The highest BCUT2D eigenvalue weighted by Gasteiger charge is 2.27. The molecule has 100 valence electrons. The average molecular weight is 255 g/mol. The van der Waals surface area contributed by atoms with Crippen LogP contribution in [0.4, 0.5) is 8.78 Å². The Balaban J connectivity index is 1.84. The Morgan fingerprint density at radius 2 is 1.89 bits per heavy atom. The van der Waals surface area contributed by atoms with Gasteiger partial charge in [-0.05, 0) is 31.4 Å². The lowest BCUT2D eigenvalue weighted by molar-refractivity contribution is 0.209. The minimum atomic E-state index is -0.662. The maximum absolute atomic E-state index is 13.3. The van der Waals surface area contributed by atoms with Crippen molar-refractivity contribution in [3.63, 3.8) is 0 Å². The molecule has 0 spiro atoms. The second-order valence-electron chi connectivity index (χ2n) is 5.10. The van der Waals surface area contributed by atoms with Crippen LogP contribution in [-0.2, 0) is 0 Å². The van der Waals surface area contributed by atoms with Gasteiger partial charge in [0.15, 0.2) is 11.6 Å². The minimum absolute atomic E-state index is 0.0933. The molecular formula is C14H19F2NO. The van der Waals surface area contributed by atoms with E-state index >= 15 is 0 Å². The SMILES string of the molecule is NC1(CCOc2ccc(F)cc2F)CCCCC1. The van der Waals surface area contributed by atoms with E-state index in [9.17, 15) is 8.78 Å². The Morgan fingerprint density at radius 1 is 1.17 bits per heavy atom. The fourth-order valence-electron chi connectivity index (χ4n) is 2.46. The fourth-order valence-corrected chi connectivity index (χ4v) is 2.46. The summed E-state index contributed by atoms with van der Waals surface area (Å²) in [6.45, 7) is 0.374. The summed E-state index contributed by atoms with van der Waals surface area (Å²) in [6.07, 6.45) is 6.27. The number of hydrogen-bond donors (Lipinski definition) is 1. The van der Waals surface area contributed by atoms with Crippen molar-refractivity contribution in [2.75, 3.05) is 6.61 Å². The first kappa shape index (κ1) is 13.3. The molecule has 1 aliphatic rings. The molecule has 1 aromatic rings. The third-order valence-corrected chi connectivity index (χ3v) is 3.60. The van der Waals surface area contributed by atoms with Crippen LogP contribution in [0.2, 0.25) is 0 Å². The smallest absolute Gasteiger partial charge is 0.167 e. The van der Waals surface area contributed by atoms with Crippen molar-refractivity contribution in [3.05, 3.63) is 29.8 Å². The van der Waals surface area contributed by atoms with E-state index in [-0.39, 0.29) is 11.3 Å². The number of benzene rings is 1. The lowest BCUT2D eigenvalue weighted by Crippen LogP contribution is -2.42. The zero-order valence-electron chi connectivity index (χ0n) is 10.4. The molecule has 0 bridgehead atoms. The van der Waals surface area contributed by atoms with Crippen molar-refractivity contribution in [1.29, 1.82) is 0 Å². The van der Waals surface area contributed by atoms with Crippen LogP contribution in [0.3, 0.4) is 0 Å². The largest absolute Gasteiger partial charge is 0.490 e. The number of rotatable bonds is 4. The summed E-state index contributed by atoms with van der Waals surface area (Å²) >= 11 is 0. The molecule has 2 N–H and O–H groups in total. The summed E-state index contributed by atoms with van der Waals surface area (Å²) < 4.78 is 31.4. The average Bonchev–Trinajstić information content (AvgIpc) is 2.33. The van der Waals surface area contributed by atoms with Gasteiger partial charge in [0.25, 0.3) is 0 Å². The quantitative estimate of drug-likeness (QED) is 0.895. The molecule has 1 aromatic carbocycles. The van der Waals surface area contributed by atoms with Crippen LogP contribution >= 0.6 is 0 Å². The maximum Gasteiger partial charge on any atom is 0.167 e. The van der Waals surface area contributed by atoms with E-state index < -0.39 is 11.6 Å². The second-order valence-corrected chi connectivity index (χ2v) is 5.10. The van der Waals surface area contributed by atoms with Crippen LogP contribution in [0.15, 0.2) is 18.2 Å². The molecule has 0 aromatic heterocycles. The van der Waals surface area contributed by atoms with E-state index in [0.717, 1.165) is 31.7 Å². The molecule has 1 saturated carbocycles. The predicted octanol–water partition coefficient (Wildman–Crippen LogP) is 3.40. The van der Waals surface area contributed by atoms with Crippen molar-refractivity contribution in [2.24, 2.45) is 5.73 Å². The van der Waals surface area contributed by atoms with E-state index in [2.05, 4.69) is 0 Å². The molecule has 1 aliphatic carbocycles. The van der Waals surface area contributed by atoms with Gasteiger partial charge in [-0.15, -0.1) is 0 Å². The maximum atomic E-state index is 13.3. The summed E-state index contributed by atoms with van der Waals surface area (Å²) in [5, 5.41) is 0. The Kier molecular flexibility index (Phi) is 4.17. The topological polar surface area (TPSA) is 35.2 Å². The molecule has 0 heterocycles. The van der Waals surface area contributed by atoms with Crippen molar-refractivity contribution >= 4 is 0 Å². The molecule has 0 aliphatic heterocycles. The Labute approximate surface area is 106 Å². The van der Waals surface area contributed by atoms with E-state index in [1.165, 1.54) is 18.6 Å². The molecule has 0 atom stereocenters. The van der Waals surface area contributed by atoms with Gasteiger partial charge in [-0.1, -0.05) is 19.3 Å². The molecule has 0 unspecified atom stereocenters. The van der Waals surface area contributed by atoms with Gasteiger partial charge < -0.3 is 10.5 Å². The summed E-state index contributed by atoms with van der Waals surface area (Å²) in [5.41, 5.74) is 6.08.